The van der Waals surface area contributed by atoms with Gasteiger partial charge in [-0.2, -0.15) is 15.9 Å². The Hall–Kier alpha value is -2.73. The van der Waals surface area contributed by atoms with Crippen molar-refractivity contribution in [2.24, 2.45) is 0 Å². The summed E-state index contributed by atoms with van der Waals surface area (Å²) in [4.78, 5) is 2.26. The van der Waals surface area contributed by atoms with Crippen LogP contribution in [-0.2, 0) is 6.42 Å². The van der Waals surface area contributed by atoms with Gasteiger partial charge in [-0.25, -0.2) is 0 Å². The maximum atomic E-state index is 4.79. The molecule has 1 aliphatic rings. The van der Waals surface area contributed by atoms with E-state index in [1.54, 1.807) is 11.3 Å². The van der Waals surface area contributed by atoms with E-state index in [1.165, 1.54) is 11.3 Å². The zero-order valence-electron chi connectivity index (χ0n) is 12.3. The molecule has 0 unspecified atom stereocenters. The molecule has 0 radical (unpaired) electrons. The quantitative estimate of drug-likeness (QED) is 0.567. The summed E-state index contributed by atoms with van der Waals surface area (Å²) in [5.41, 5.74) is 4.43. The lowest BCUT2D eigenvalue weighted by atomic mass is 10.2. The molecular formula is C17H13N5S. The van der Waals surface area contributed by atoms with Crippen LogP contribution in [0.4, 0.5) is 11.5 Å². The van der Waals surface area contributed by atoms with Gasteiger partial charge in [0.05, 0.1) is 0 Å². The number of fused-ring (bicyclic) bond motifs is 2. The van der Waals surface area contributed by atoms with E-state index < -0.39 is 0 Å². The highest BCUT2D eigenvalue weighted by molar-refractivity contribution is 7.08. The second-order valence-corrected chi connectivity index (χ2v) is 6.31. The molecule has 0 spiro atoms. The Morgan fingerprint density at radius 1 is 1.00 bits per heavy atom. The Morgan fingerprint density at radius 2 is 1.96 bits per heavy atom. The Bertz CT molecular complexity index is 989. The van der Waals surface area contributed by atoms with Crippen LogP contribution in [0.5, 0.6) is 0 Å². The van der Waals surface area contributed by atoms with Gasteiger partial charge < -0.3 is 4.90 Å². The Kier molecular flexibility index (Phi) is 2.72. The number of aromatic nitrogens is 4. The smallest absolute Gasteiger partial charge is 0.186 e. The van der Waals surface area contributed by atoms with Gasteiger partial charge in [0.15, 0.2) is 17.3 Å². The fourth-order valence-corrected chi connectivity index (χ4v) is 3.71. The van der Waals surface area contributed by atoms with Gasteiger partial charge in [-0.1, -0.05) is 18.2 Å². The van der Waals surface area contributed by atoms with Crippen molar-refractivity contribution < 1.29 is 0 Å². The van der Waals surface area contributed by atoms with Crippen LogP contribution in [0.3, 0.4) is 0 Å². The van der Waals surface area contributed by atoms with Crippen molar-refractivity contribution in [1.82, 2.24) is 19.8 Å². The molecule has 6 heteroatoms. The van der Waals surface area contributed by atoms with Crippen molar-refractivity contribution in [3.05, 3.63) is 58.8 Å². The summed E-state index contributed by atoms with van der Waals surface area (Å²) in [5, 5.41) is 17.4. The Labute approximate surface area is 136 Å². The second-order valence-electron chi connectivity index (χ2n) is 5.53. The van der Waals surface area contributed by atoms with Crippen molar-refractivity contribution in [3.63, 3.8) is 0 Å². The van der Waals surface area contributed by atoms with Crippen LogP contribution >= 0.6 is 11.3 Å². The van der Waals surface area contributed by atoms with Crippen LogP contribution in [0.2, 0.25) is 0 Å². The van der Waals surface area contributed by atoms with E-state index in [2.05, 4.69) is 44.7 Å². The fraction of sp³-hybridized carbons (Fsp3) is 0.118. The number of hydrogen-bond acceptors (Lipinski definition) is 5. The van der Waals surface area contributed by atoms with Crippen molar-refractivity contribution in [3.8, 4) is 11.4 Å². The molecule has 5 rings (SSSR count). The molecule has 0 aliphatic carbocycles. The SMILES string of the molecule is c1ccc2c(c1)CCN2c1ccc2nnc(-c3ccsc3)n2n1. The topological polar surface area (TPSA) is 46.3 Å². The van der Waals surface area contributed by atoms with Crippen molar-refractivity contribution in [1.29, 1.82) is 0 Å². The van der Waals surface area contributed by atoms with Gasteiger partial charge in [-0.05, 0) is 41.6 Å². The molecule has 1 aromatic carbocycles. The molecule has 4 heterocycles. The number of hydrogen-bond donors (Lipinski definition) is 0. The number of benzene rings is 1. The van der Waals surface area contributed by atoms with Crippen LogP contribution in [0.25, 0.3) is 17.0 Å². The van der Waals surface area contributed by atoms with Gasteiger partial charge in [-0.15, -0.1) is 15.3 Å². The predicted molar refractivity (Wildman–Crippen MR) is 91.2 cm³/mol. The second kappa shape index (κ2) is 4.89. The monoisotopic (exact) mass is 319 g/mol. The van der Waals surface area contributed by atoms with E-state index in [4.69, 9.17) is 5.10 Å². The molecule has 0 fully saturated rings. The molecule has 4 aromatic rings. The average molecular weight is 319 g/mol. The predicted octanol–water partition coefficient (Wildman–Crippen LogP) is 3.55. The molecule has 0 saturated heterocycles. The third-order valence-corrected chi connectivity index (χ3v) is 4.88. The number of thiophene rings is 1. The molecule has 0 bridgehead atoms. The molecule has 112 valence electrons. The zero-order chi connectivity index (χ0) is 15.2. The van der Waals surface area contributed by atoms with Gasteiger partial charge >= 0.3 is 0 Å². The molecule has 3 aromatic heterocycles. The average Bonchev–Trinajstić information content (AvgIpc) is 3.32. The molecule has 23 heavy (non-hydrogen) atoms. The summed E-state index contributed by atoms with van der Waals surface area (Å²) in [6, 6.07) is 14.5. The third kappa shape index (κ3) is 1.95. The van der Waals surface area contributed by atoms with Gasteiger partial charge in [0.2, 0.25) is 0 Å². The number of para-hydroxylation sites is 1. The normalized spacial score (nSPS) is 13.7. The lowest BCUT2D eigenvalue weighted by Gasteiger charge is -2.18. The minimum absolute atomic E-state index is 0.766. The summed E-state index contributed by atoms with van der Waals surface area (Å²) in [6.45, 7) is 0.952. The van der Waals surface area contributed by atoms with Crippen LogP contribution in [-0.4, -0.2) is 26.4 Å². The van der Waals surface area contributed by atoms with Gasteiger partial charge in [0.1, 0.15) is 0 Å². The molecule has 0 saturated carbocycles. The Balaban J connectivity index is 1.65. The molecule has 0 atom stereocenters. The van der Waals surface area contributed by atoms with Crippen molar-refractivity contribution >= 4 is 28.5 Å². The highest BCUT2D eigenvalue weighted by Crippen LogP contribution is 2.33. The zero-order valence-corrected chi connectivity index (χ0v) is 13.1. The summed E-state index contributed by atoms with van der Waals surface area (Å²) in [6.07, 6.45) is 1.05. The summed E-state index contributed by atoms with van der Waals surface area (Å²) < 4.78 is 1.83. The summed E-state index contributed by atoms with van der Waals surface area (Å²) in [7, 11) is 0. The summed E-state index contributed by atoms with van der Waals surface area (Å²) >= 11 is 1.65. The van der Waals surface area contributed by atoms with Crippen LogP contribution in [0.15, 0.2) is 53.2 Å². The van der Waals surface area contributed by atoms with Crippen molar-refractivity contribution in [2.45, 2.75) is 6.42 Å². The van der Waals surface area contributed by atoms with E-state index in [-0.39, 0.29) is 0 Å². The van der Waals surface area contributed by atoms with Crippen LogP contribution in [0.1, 0.15) is 5.56 Å². The highest BCUT2D eigenvalue weighted by Gasteiger charge is 2.21. The maximum absolute atomic E-state index is 4.79. The molecule has 0 N–H and O–H groups in total. The lowest BCUT2D eigenvalue weighted by molar-refractivity contribution is 0.887. The fourth-order valence-electron chi connectivity index (χ4n) is 3.07. The van der Waals surface area contributed by atoms with E-state index in [0.717, 1.165) is 35.8 Å². The standard InChI is InChI=1S/C17H13N5S/c1-2-4-14-12(3-1)7-9-21(14)16-6-5-15-18-19-17(22(15)20-16)13-8-10-23-11-13/h1-6,8,10-11H,7,9H2. The van der Waals surface area contributed by atoms with Gasteiger partial charge in [-0.3, -0.25) is 0 Å². The first-order chi connectivity index (χ1) is 11.4. The van der Waals surface area contributed by atoms with E-state index in [0.29, 0.717) is 0 Å². The lowest BCUT2D eigenvalue weighted by Crippen LogP contribution is -2.16. The largest absolute Gasteiger partial charge is 0.324 e. The van der Waals surface area contributed by atoms with Crippen molar-refractivity contribution in [2.75, 3.05) is 11.4 Å². The number of nitrogens with zero attached hydrogens (tertiary/aromatic N) is 5. The highest BCUT2D eigenvalue weighted by atomic mass is 32.1. The first-order valence-corrected chi connectivity index (χ1v) is 8.45. The third-order valence-electron chi connectivity index (χ3n) is 4.19. The van der Waals surface area contributed by atoms with Gasteiger partial charge in [0.25, 0.3) is 0 Å². The van der Waals surface area contributed by atoms with E-state index in [9.17, 15) is 0 Å². The van der Waals surface area contributed by atoms with E-state index >= 15 is 0 Å². The Morgan fingerprint density at radius 3 is 2.87 bits per heavy atom. The molecule has 1 aliphatic heterocycles. The summed E-state index contributed by atoms with van der Waals surface area (Å²) in [5.74, 6) is 1.72. The van der Waals surface area contributed by atoms with E-state index in [1.807, 2.05) is 28.1 Å². The minimum atomic E-state index is 0.766. The first kappa shape index (κ1) is 12.8. The number of rotatable bonds is 2. The molecule has 5 nitrogen and oxygen atoms in total. The maximum Gasteiger partial charge on any atom is 0.186 e. The van der Waals surface area contributed by atoms with Gasteiger partial charge in [0, 0.05) is 23.2 Å². The first-order valence-electron chi connectivity index (χ1n) is 7.51. The van der Waals surface area contributed by atoms with Crippen LogP contribution < -0.4 is 4.90 Å². The molecular weight excluding hydrogens is 306 g/mol. The van der Waals surface area contributed by atoms with Crippen LogP contribution in [0, 0.1) is 0 Å². The minimum Gasteiger partial charge on any atom is -0.324 e. The number of anilines is 2. The molecule has 0 amide bonds.